The van der Waals surface area contributed by atoms with Crippen LogP contribution in [0.4, 0.5) is 10.5 Å². The Morgan fingerprint density at radius 3 is 2.37 bits per heavy atom. The highest BCUT2D eigenvalue weighted by Gasteiger charge is 2.16. The van der Waals surface area contributed by atoms with Crippen molar-refractivity contribution in [2.75, 3.05) is 18.4 Å². The number of carbonyl (C=O) groups is 1. The molecular weight excluding hydrogens is 493 g/mol. The van der Waals surface area contributed by atoms with Gasteiger partial charge in [-0.15, -0.1) is 24.0 Å². The van der Waals surface area contributed by atoms with Crippen LogP contribution >= 0.6 is 24.0 Å². The van der Waals surface area contributed by atoms with E-state index in [4.69, 9.17) is 4.74 Å². The van der Waals surface area contributed by atoms with Crippen molar-refractivity contribution in [1.82, 2.24) is 15.2 Å². The molecule has 1 aromatic carbocycles. The van der Waals surface area contributed by atoms with Crippen molar-refractivity contribution in [2.45, 2.75) is 46.3 Å². The van der Waals surface area contributed by atoms with E-state index >= 15 is 0 Å². The maximum Gasteiger partial charge on any atom is 0.412 e. The van der Waals surface area contributed by atoms with E-state index in [0.717, 1.165) is 25.5 Å². The molecule has 0 unspecified atom stereocenters. The molecule has 0 saturated heterocycles. The average Bonchev–Trinajstić information content (AvgIpc) is 3.05. The van der Waals surface area contributed by atoms with Crippen LogP contribution < -0.4 is 16.0 Å². The summed E-state index contributed by atoms with van der Waals surface area (Å²) in [6, 6.07) is 9.84. The van der Waals surface area contributed by atoms with Crippen LogP contribution in [0, 0.1) is 0 Å². The number of hydrogen-bond donors (Lipinski definition) is 3. The number of aromatic nitrogens is 1. The van der Waals surface area contributed by atoms with Crippen molar-refractivity contribution in [1.29, 1.82) is 0 Å². The molecule has 2 rings (SSSR count). The van der Waals surface area contributed by atoms with Gasteiger partial charge in [-0.25, -0.2) is 9.79 Å². The molecular formula is C22H34IN5O2. The highest BCUT2D eigenvalue weighted by molar-refractivity contribution is 14.0. The maximum absolute atomic E-state index is 11.8. The van der Waals surface area contributed by atoms with E-state index in [1.165, 1.54) is 11.1 Å². The first-order valence-corrected chi connectivity index (χ1v) is 9.97. The number of halogens is 1. The standard InChI is InChI=1S/C22H33N5O2.HI/c1-6-23-20(25-15-18-12-14-27(5)16-18)24-13-11-17-7-9-19(10-8-17)26-21(28)29-22(2,3)4;/h7-10,12,14,16H,6,11,13,15H2,1-5H3,(H,26,28)(H2,23,24,25);1H. The molecule has 0 atom stereocenters. The summed E-state index contributed by atoms with van der Waals surface area (Å²) < 4.78 is 7.28. The summed E-state index contributed by atoms with van der Waals surface area (Å²) in [5, 5.41) is 9.37. The first kappa shape index (κ1) is 25.8. The van der Waals surface area contributed by atoms with Crippen molar-refractivity contribution in [3.63, 3.8) is 0 Å². The van der Waals surface area contributed by atoms with Gasteiger partial charge in [0.15, 0.2) is 5.96 Å². The van der Waals surface area contributed by atoms with E-state index in [1.807, 2.05) is 62.8 Å². The molecule has 1 amide bonds. The van der Waals surface area contributed by atoms with Crippen molar-refractivity contribution >= 4 is 41.7 Å². The lowest BCUT2D eigenvalue weighted by Gasteiger charge is -2.19. The van der Waals surface area contributed by atoms with Gasteiger partial charge in [0.2, 0.25) is 0 Å². The minimum absolute atomic E-state index is 0. The first-order valence-electron chi connectivity index (χ1n) is 9.97. The fourth-order valence-corrected chi connectivity index (χ4v) is 2.67. The lowest BCUT2D eigenvalue weighted by Crippen LogP contribution is -2.38. The van der Waals surface area contributed by atoms with Crippen LogP contribution in [-0.2, 0) is 24.8 Å². The van der Waals surface area contributed by atoms with Gasteiger partial charge in [0.1, 0.15) is 5.60 Å². The number of carbonyl (C=O) groups excluding carboxylic acids is 1. The van der Waals surface area contributed by atoms with Crippen LogP contribution in [0.2, 0.25) is 0 Å². The third kappa shape index (κ3) is 10.00. The Morgan fingerprint density at radius 2 is 1.80 bits per heavy atom. The summed E-state index contributed by atoms with van der Waals surface area (Å²) in [6.45, 7) is 9.79. The summed E-state index contributed by atoms with van der Waals surface area (Å²) in [6.07, 6.45) is 4.49. The highest BCUT2D eigenvalue weighted by Crippen LogP contribution is 2.13. The highest BCUT2D eigenvalue weighted by atomic mass is 127. The summed E-state index contributed by atoms with van der Waals surface area (Å²) in [7, 11) is 2.00. The SMILES string of the molecule is CCNC(=NCc1ccn(C)c1)NCCc1ccc(NC(=O)OC(C)(C)C)cc1.I. The molecule has 0 fully saturated rings. The van der Waals surface area contributed by atoms with E-state index < -0.39 is 11.7 Å². The Balaban J connectivity index is 0.00000450. The zero-order valence-electron chi connectivity index (χ0n) is 18.5. The van der Waals surface area contributed by atoms with Crippen molar-refractivity contribution in [2.24, 2.45) is 12.0 Å². The smallest absolute Gasteiger partial charge is 0.412 e. The van der Waals surface area contributed by atoms with E-state index in [1.54, 1.807) is 0 Å². The summed E-state index contributed by atoms with van der Waals surface area (Å²) in [5.41, 5.74) is 2.56. The molecule has 0 saturated carbocycles. The molecule has 1 heterocycles. The van der Waals surface area contributed by atoms with Gasteiger partial charge in [0, 0.05) is 38.2 Å². The molecule has 2 aromatic rings. The number of benzene rings is 1. The number of nitrogens with zero attached hydrogens (tertiary/aromatic N) is 2. The molecule has 166 valence electrons. The van der Waals surface area contributed by atoms with E-state index in [2.05, 4.69) is 40.1 Å². The minimum Gasteiger partial charge on any atom is -0.444 e. The van der Waals surface area contributed by atoms with Crippen molar-refractivity contribution < 1.29 is 9.53 Å². The number of ether oxygens (including phenoxy) is 1. The number of guanidine groups is 1. The summed E-state index contributed by atoms with van der Waals surface area (Å²) in [5.74, 6) is 0.805. The number of rotatable bonds is 7. The number of anilines is 1. The van der Waals surface area contributed by atoms with Gasteiger partial charge in [0.05, 0.1) is 6.54 Å². The van der Waals surface area contributed by atoms with Gasteiger partial charge in [-0.1, -0.05) is 12.1 Å². The van der Waals surface area contributed by atoms with E-state index in [9.17, 15) is 4.79 Å². The average molecular weight is 527 g/mol. The molecule has 3 N–H and O–H groups in total. The molecule has 7 nitrogen and oxygen atoms in total. The monoisotopic (exact) mass is 527 g/mol. The lowest BCUT2D eigenvalue weighted by atomic mass is 10.1. The van der Waals surface area contributed by atoms with Crippen molar-refractivity contribution in [3.8, 4) is 0 Å². The summed E-state index contributed by atoms with van der Waals surface area (Å²) in [4.78, 5) is 16.4. The van der Waals surface area contributed by atoms with Crippen LogP contribution in [0.15, 0.2) is 47.7 Å². The number of hydrogen-bond acceptors (Lipinski definition) is 3. The normalized spacial score (nSPS) is 11.4. The Labute approximate surface area is 196 Å². The first-order chi connectivity index (χ1) is 13.7. The Morgan fingerprint density at radius 1 is 1.10 bits per heavy atom. The van der Waals surface area contributed by atoms with Gasteiger partial charge in [-0.2, -0.15) is 0 Å². The molecule has 0 spiro atoms. The van der Waals surface area contributed by atoms with Crippen LogP contribution in [0.25, 0.3) is 0 Å². The number of nitrogens with one attached hydrogen (secondary N) is 3. The Bertz CT molecular complexity index is 810. The molecule has 0 aliphatic carbocycles. The summed E-state index contributed by atoms with van der Waals surface area (Å²) >= 11 is 0. The van der Waals surface area contributed by atoms with E-state index in [0.29, 0.717) is 12.2 Å². The maximum atomic E-state index is 11.8. The van der Waals surface area contributed by atoms with Gasteiger partial charge < -0.3 is 19.9 Å². The van der Waals surface area contributed by atoms with Crippen LogP contribution in [0.3, 0.4) is 0 Å². The molecule has 8 heteroatoms. The van der Waals surface area contributed by atoms with Gasteiger partial charge >= 0.3 is 6.09 Å². The van der Waals surface area contributed by atoms with Crippen LogP contribution in [-0.4, -0.2) is 35.3 Å². The van der Waals surface area contributed by atoms with E-state index in [-0.39, 0.29) is 24.0 Å². The van der Waals surface area contributed by atoms with Gasteiger partial charge in [0.25, 0.3) is 0 Å². The second-order valence-electron chi connectivity index (χ2n) is 7.88. The molecule has 0 radical (unpaired) electrons. The number of aliphatic imine (C=N–C) groups is 1. The minimum atomic E-state index is -0.512. The van der Waals surface area contributed by atoms with Crippen molar-refractivity contribution in [3.05, 3.63) is 53.9 Å². The molecule has 1 aromatic heterocycles. The van der Waals surface area contributed by atoms with Gasteiger partial charge in [-0.3, -0.25) is 5.32 Å². The fourth-order valence-electron chi connectivity index (χ4n) is 2.67. The number of aryl methyl sites for hydroxylation is 1. The molecule has 0 aliphatic rings. The Hall–Kier alpha value is -2.23. The predicted molar refractivity (Wildman–Crippen MR) is 134 cm³/mol. The second kappa shape index (κ2) is 12.5. The lowest BCUT2D eigenvalue weighted by molar-refractivity contribution is 0.0636. The second-order valence-corrected chi connectivity index (χ2v) is 7.88. The fraction of sp³-hybridized carbons (Fsp3) is 0.455. The molecule has 30 heavy (non-hydrogen) atoms. The topological polar surface area (TPSA) is 79.7 Å². The largest absolute Gasteiger partial charge is 0.444 e. The predicted octanol–water partition coefficient (Wildman–Crippen LogP) is 4.29. The third-order valence-corrected chi connectivity index (χ3v) is 3.96. The third-order valence-electron chi connectivity index (χ3n) is 3.96. The Kier molecular flexibility index (Phi) is 10.7. The quantitative estimate of drug-likeness (QED) is 0.285. The zero-order valence-corrected chi connectivity index (χ0v) is 20.8. The molecule has 0 bridgehead atoms. The zero-order chi connectivity index (χ0) is 21.3. The number of amides is 1. The van der Waals surface area contributed by atoms with Crippen LogP contribution in [0.5, 0.6) is 0 Å². The van der Waals surface area contributed by atoms with Crippen LogP contribution in [0.1, 0.15) is 38.8 Å². The van der Waals surface area contributed by atoms with Gasteiger partial charge in [-0.05, 0) is 63.4 Å². The molecule has 0 aliphatic heterocycles.